The zero-order chi connectivity index (χ0) is 13.9. The van der Waals surface area contributed by atoms with Crippen molar-refractivity contribution in [1.29, 1.82) is 0 Å². The third-order valence-electron chi connectivity index (χ3n) is 4.66. The van der Waals surface area contributed by atoms with Gasteiger partial charge in [-0.25, -0.2) is 0 Å². The summed E-state index contributed by atoms with van der Waals surface area (Å²) in [4.78, 5) is 15.3. The van der Waals surface area contributed by atoms with Crippen molar-refractivity contribution in [2.75, 3.05) is 6.54 Å². The molecular formula is C16H16BrNO2. The SMILES string of the molecule is Cc1ccc(Br)c2oc3c(c(=O)c12)CN1CCCC1C3. The van der Waals surface area contributed by atoms with Gasteiger partial charge in [0.15, 0.2) is 11.0 Å². The molecule has 0 bridgehead atoms. The highest BCUT2D eigenvalue weighted by atomic mass is 79.9. The number of hydrogen-bond acceptors (Lipinski definition) is 3. The first kappa shape index (κ1) is 12.6. The van der Waals surface area contributed by atoms with E-state index in [1.54, 1.807) is 0 Å². The molecule has 3 nitrogen and oxygen atoms in total. The fourth-order valence-corrected chi connectivity index (χ4v) is 3.99. The third-order valence-corrected chi connectivity index (χ3v) is 5.29. The molecule has 4 heteroatoms. The van der Waals surface area contributed by atoms with Gasteiger partial charge in [0.2, 0.25) is 0 Å². The summed E-state index contributed by atoms with van der Waals surface area (Å²) in [6.07, 6.45) is 3.33. The lowest BCUT2D eigenvalue weighted by Crippen LogP contribution is -2.38. The first-order valence-electron chi connectivity index (χ1n) is 7.13. The van der Waals surface area contributed by atoms with Gasteiger partial charge < -0.3 is 4.42 Å². The van der Waals surface area contributed by atoms with E-state index >= 15 is 0 Å². The lowest BCUT2D eigenvalue weighted by atomic mass is 9.98. The lowest BCUT2D eigenvalue weighted by molar-refractivity contribution is 0.211. The van der Waals surface area contributed by atoms with Crippen molar-refractivity contribution in [2.24, 2.45) is 0 Å². The fourth-order valence-electron chi connectivity index (χ4n) is 3.58. The van der Waals surface area contributed by atoms with E-state index in [0.717, 1.165) is 46.3 Å². The van der Waals surface area contributed by atoms with Gasteiger partial charge in [-0.1, -0.05) is 6.07 Å². The standard InChI is InChI=1S/C16H16BrNO2/c1-9-4-5-12(17)16-14(9)15(19)11-8-18-6-2-3-10(18)7-13(11)20-16/h4-5,10H,2-3,6-8H2,1H3. The van der Waals surface area contributed by atoms with Crippen LogP contribution in [0.3, 0.4) is 0 Å². The zero-order valence-corrected chi connectivity index (χ0v) is 13.0. The van der Waals surface area contributed by atoms with E-state index in [4.69, 9.17) is 4.42 Å². The summed E-state index contributed by atoms with van der Waals surface area (Å²) in [6.45, 7) is 3.84. The van der Waals surface area contributed by atoms with Crippen molar-refractivity contribution in [3.63, 3.8) is 0 Å². The first-order valence-corrected chi connectivity index (χ1v) is 7.92. The highest BCUT2D eigenvalue weighted by Crippen LogP contribution is 2.33. The Hall–Kier alpha value is -1.13. The summed E-state index contributed by atoms with van der Waals surface area (Å²) in [6, 6.07) is 4.49. The molecule has 2 aromatic rings. The third kappa shape index (κ3) is 1.71. The summed E-state index contributed by atoms with van der Waals surface area (Å²) in [7, 11) is 0. The molecule has 0 saturated carbocycles. The smallest absolute Gasteiger partial charge is 0.197 e. The predicted octanol–water partition coefficient (Wildman–Crippen LogP) is 3.38. The minimum absolute atomic E-state index is 0.158. The molecule has 0 N–H and O–H groups in total. The van der Waals surface area contributed by atoms with Gasteiger partial charge in [-0.05, 0) is 53.9 Å². The van der Waals surface area contributed by atoms with Crippen LogP contribution < -0.4 is 5.43 Å². The molecule has 3 heterocycles. The Labute approximate surface area is 125 Å². The van der Waals surface area contributed by atoms with Crippen molar-refractivity contribution < 1.29 is 4.42 Å². The number of halogens is 1. The molecule has 2 aliphatic rings. The molecular weight excluding hydrogens is 318 g/mol. The van der Waals surface area contributed by atoms with Gasteiger partial charge in [-0.15, -0.1) is 0 Å². The van der Waals surface area contributed by atoms with Gasteiger partial charge in [-0.2, -0.15) is 0 Å². The Morgan fingerprint density at radius 1 is 1.40 bits per heavy atom. The second-order valence-electron chi connectivity index (χ2n) is 5.87. The second kappa shape index (κ2) is 4.43. The van der Waals surface area contributed by atoms with Crippen molar-refractivity contribution in [3.8, 4) is 0 Å². The predicted molar refractivity (Wildman–Crippen MR) is 82.1 cm³/mol. The molecule has 0 aliphatic carbocycles. The fraction of sp³-hybridized carbons (Fsp3) is 0.438. The molecule has 4 rings (SSSR count). The summed E-state index contributed by atoms with van der Waals surface area (Å²) >= 11 is 3.51. The van der Waals surface area contributed by atoms with Crippen LogP contribution in [0.5, 0.6) is 0 Å². The molecule has 1 aromatic carbocycles. The van der Waals surface area contributed by atoms with Crippen molar-refractivity contribution in [3.05, 3.63) is 43.7 Å². The molecule has 1 fully saturated rings. The Balaban J connectivity index is 2.01. The van der Waals surface area contributed by atoms with Gasteiger partial charge in [-0.3, -0.25) is 9.69 Å². The van der Waals surface area contributed by atoms with Crippen LogP contribution in [0.2, 0.25) is 0 Å². The zero-order valence-electron chi connectivity index (χ0n) is 11.4. The van der Waals surface area contributed by atoms with E-state index in [2.05, 4.69) is 20.8 Å². The number of nitrogens with zero attached hydrogens (tertiary/aromatic N) is 1. The number of aryl methyl sites for hydroxylation is 1. The second-order valence-corrected chi connectivity index (χ2v) is 6.73. The molecule has 1 atom stereocenters. The van der Waals surface area contributed by atoms with Crippen molar-refractivity contribution in [1.82, 2.24) is 4.90 Å². The maximum atomic E-state index is 12.8. The molecule has 2 aliphatic heterocycles. The molecule has 20 heavy (non-hydrogen) atoms. The van der Waals surface area contributed by atoms with Gasteiger partial charge >= 0.3 is 0 Å². The molecule has 1 saturated heterocycles. The van der Waals surface area contributed by atoms with Crippen LogP contribution in [-0.4, -0.2) is 17.5 Å². The molecule has 0 amide bonds. The minimum atomic E-state index is 0.158. The minimum Gasteiger partial charge on any atom is -0.459 e. The Bertz CT molecular complexity index is 765. The molecule has 104 valence electrons. The number of benzene rings is 1. The molecule has 1 aromatic heterocycles. The first-order chi connectivity index (χ1) is 9.65. The van der Waals surface area contributed by atoms with Crippen LogP contribution in [0.1, 0.15) is 29.7 Å². The Morgan fingerprint density at radius 3 is 3.10 bits per heavy atom. The van der Waals surface area contributed by atoms with Gasteiger partial charge in [0.05, 0.1) is 15.4 Å². The van der Waals surface area contributed by atoms with Crippen LogP contribution in [0.15, 0.2) is 25.8 Å². The lowest BCUT2D eigenvalue weighted by Gasteiger charge is -2.30. The Kier molecular flexibility index (Phi) is 2.79. The average Bonchev–Trinajstić information content (AvgIpc) is 2.88. The quantitative estimate of drug-likeness (QED) is 0.741. The van der Waals surface area contributed by atoms with Crippen LogP contribution in [0.25, 0.3) is 11.0 Å². The van der Waals surface area contributed by atoms with E-state index in [1.165, 1.54) is 12.8 Å². The summed E-state index contributed by atoms with van der Waals surface area (Å²) < 4.78 is 6.98. The highest BCUT2D eigenvalue weighted by molar-refractivity contribution is 9.10. The summed E-state index contributed by atoms with van der Waals surface area (Å²) in [5.74, 6) is 0.900. The number of hydrogen-bond donors (Lipinski definition) is 0. The molecule has 0 radical (unpaired) electrons. The van der Waals surface area contributed by atoms with Gasteiger partial charge in [0.1, 0.15) is 5.76 Å². The monoisotopic (exact) mass is 333 g/mol. The van der Waals surface area contributed by atoms with E-state index in [-0.39, 0.29) is 5.43 Å². The maximum Gasteiger partial charge on any atom is 0.197 e. The van der Waals surface area contributed by atoms with Crippen LogP contribution in [-0.2, 0) is 13.0 Å². The average molecular weight is 334 g/mol. The largest absolute Gasteiger partial charge is 0.459 e. The topological polar surface area (TPSA) is 33.5 Å². The Morgan fingerprint density at radius 2 is 2.25 bits per heavy atom. The van der Waals surface area contributed by atoms with Crippen molar-refractivity contribution in [2.45, 2.75) is 38.8 Å². The van der Waals surface area contributed by atoms with E-state index in [9.17, 15) is 4.79 Å². The summed E-state index contributed by atoms with van der Waals surface area (Å²) in [5, 5.41) is 0.732. The van der Waals surface area contributed by atoms with E-state index in [0.29, 0.717) is 11.6 Å². The van der Waals surface area contributed by atoms with E-state index < -0.39 is 0 Å². The van der Waals surface area contributed by atoms with Crippen molar-refractivity contribution >= 4 is 26.9 Å². The van der Waals surface area contributed by atoms with Crippen LogP contribution in [0, 0.1) is 6.92 Å². The van der Waals surface area contributed by atoms with Crippen LogP contribution >= 0.6 is 15.9 Å². The number of rotatable bonds is 0. The normalized spacial score (nSPS) is 22.0. The van der Waals surface area contributed by atoms with Gasteiger partial charge in [0, 0.05) is 19.0 Å². The number of fused-ring (bicyclic) bond motifs is 3. The van der Waals surface area contributed by atoms with Crippen LogP contribution in [0.4, 0.5) is 0 Å². The van der Waals surface area contributed by atoms with E-state index in [1.807, 2.05) is 19.1 Å². The molecule has 0 spiro atoms. The maximum absolute atomic E-state index is 12.8. The summed E-state index contributed by atoms with van der Waals surface area (Å²) in [5.41, 5.74) is 2.73. The van der Waals surface area contributed by atoms with Gasteiger partial charge in [0.25, 0.3) is 0 Å². The highest BCUT2D eigenvalue weighted by Gasteiger charge is 2.33. The molecule has 1 unspecified atom stereocenters.